The summed E-state index contributed by atoms with van der Waals surface area (Å²) in [6.45, 7) is 4.41. The monoisotopic (exact) mass is 572 g/mol. The van der Waals surface area contributed by atoms with Crippen LogP contribution in [0, 0.1) is 12.7 Å². The highest BCUT2D eigenvalue weighted by atomic mass is 19.1. The molecule has 2 aliphatic rings. The van der Waals surface area contributed by atoms with Crippen molar-refractivity contribution in [2.75, 3.05) is 32.8 Å². The van der Waals surface area contributed by atoms with E-state index < -0.39 is 29.7 Å². The number of ether oxygens (including phenoxy) is 2. The minimum atomic E-state index is -1.28. The van der Waals surface area contributed by atoms with Crippen molar-refractivity contribution in [3.05, 3.63) is 77.2 Å². The van der Waals surface area contributed by atoms with E-state index in [4.69, 9.17) is 9.47 Å². The summed E-state index contributed by atoms with van der Waals surface area (Å²) >= 11 is 0. The molecular formula is C32H33FN4O5. The van der Waals surface area contributed by atoms with Gasteiger partial charge in [0.05, 0.1) is 17.3 Å². The van der Waals surface area contributed by atoms with Crippen LogP contribution >= 0.6 is 0 Å². The van der Waals surface area contributed by atoms with E-state index in [1.807, 2.05) is 36.9 Å². The van der Waals surface area contributed by atoms with Gasteiger partial charge in [-0.2, -0.15) is 5.10 Å². The van der Waals surface area contributed by atoms with E-state index in [0.29, 0.717) is 6.54 Å². The molecule has 218 valence electrons. The Morgan fingerprint density at radius 3 is 2.50 bits per heavy atom. The third kappa shape index (κ3) is 5.47. The van der Waals surface area contributed by atoms with Crippen LogP contribution in [0.15, 0.2) is 54.6 Å². The van der Waals surface area contributed by atoms with Crippen LogP contribution in [0.4, 0.5) is 4.39 Å². The smallest absolute Gasteiger partial charge is 0.292 e. The summed E-state index contributed by atoms with van der Waals surface area (Å²) in [7, 11) is 1.90. The number of benzene rings is 3. The van der Waals surface area contributed by atoms with Crippen LogP contribution in [0.25, 0.3) is 22.0 Å². The average molecular weight is 573 g/mol. The van der Waals surface area contributed by atoms with E-state index in [1.54, 1.807) is 24.3 Å². The maximum atomic E-state index is 14.8. The molecule has 2 atom stereocenters. The van der Waals surface area contributed by atoms with Crippen LogP contribution in [0.1, 0.15) is 40.6 Å². The van der Waals surface area contributed by atoms with E-state index in [9.17, 15) is 19.1 Å². The molecule has 0 radical (unpaired) electrons. The van der Waals surface area contributed by atoms with Gasteiger partial charge in [-0.25, -0.2) is 4.39 Å². The fourth-order valence-electron chi connectivity index (χ4n) is 5.80. The van der Waals surface area contributed by atoms with Gasteiger partial charge in [0, 0.05) is 24.5 Å². The Hall–Kier alpha value is -4.28. The van der Waals surface area contributed by atoms with Gasteiger partial charge < -0.3 is 24.8 Å². The third-order valence-corrected chi connectivity index (χ3v) is 8.03. The van der Waals surface area contributed by atoms with Crippen molar-refractivity contribution in [1.82, 2.24) is 20.0 Å². The second-order valence-electron chi connectivity index (χ2n) is 10.9. The fraction of sp³-hybridized carbons (Fsp3) is 0.344. The molecule has 0 aliphatic carbocycles. The Kier molecular flexibility index (Phi) is 7.66. The average Bonchev–Trinajstić information content (AvgIpc) is 3.62. The minimum Gasteiger partial charge on any atom is -0.486 e. The van der Waals surface area contributed by atoms with E-state index in [1.165, 1.54) is 12.1 Å². The number of aliphatic hydroxyl groups excluding tert-OH is 1. The molecule has 4 aromatic rings. The van der Waals surface area contributed by atoms with Crippen molar-refractivity contribution in [3.63, 3.8) is 0 Å². The van der Waals surface area contributed by atoms with Crippen molar-refractivity contribution < 1.29 is 28.6 Å². The molecule has 42 heavy (non-hydrogen) atoms. The molecule has 2 aliphatic heterocycles. The number of carbonyl (C=O) groups is 2. The number of fused-ring (bicyclic) bond motifs is 2. The maximum absolute atomic E-state index is 14.8. The van der Waals surface area contributed by atoms with Crippen LogP contribution in [-0.4, -0.2) is 70.4 Å². The molecular weight excluding hydrogens is 539 g/mol. The summed E-state index contributed by atoms with van der Waals surface area (Å²) in [4.78, 5) is 28.5. The largest absolute Gasteiger partial charge is 0.486 e. The van der Waals surface area contributed by atoms with Gasteiger partial charge in [-0.15, -0.1) is 0 Å². The van der Waals surface area contributed by atoms with Crippen molar-refractivity contribution in [2.24, 2.45) is 7.05 Å². The standard InChI is InChI=1S/C32H33FN4O5/c1-19-24-10-9-22(16-27(24)36(2)35-19)20-5-7-21(8-6-20)30(39)32(40)34-26(18-37-11-3-4-12-37)29(38)23-15-25(33)31-28(17-23)41-13-14-42-31/h5-10,15-17,26,29,38H,3-4,11-14,18H2,1-2H3,(H,34,40). The van der Waals surface area contributed by atoms with Gasteiger partial charge in [0.2, 0.25) is 5.78 Å². The van der Waals surface area contributed by atoms with Crippen LogP contribution in [0.3, 0.4) is 0 Å². The Morgan fingerprint density at radius 2 is 1.74 bits per heavy atom. The number of nitrogens with zero attached hydrogens (tertiary/aromatic N) is 3. The molecule has 3 aromatic carbocycles. The Bertz CT molecular complexity index is 1650. The molecule has 2 unspecified atom stereocenters. The van der Waals surface area contributed by atoms with Gasteiger partial charge in [0.15, 0.2) is 17.3 Å². The zero-order chi connectivity index (χ0) is 29.4. The van der Waals surface area contributed by atoms with Gasteiger partial charge >= 0.3 is 0 Å². The molecule has 2 N–H and O–H groups in total. The van der Waals surface area contributed by atoms with Crippen molar-refractivity contribution in [1.29, 1.82) is 0 Å². The van der Waals surface area contributed by atoms with Gasteiger partial charge in [0.25, 0.3) is 5.91 Å². The first-order valence-corrected chi connectivity index (χ1v) is 14.2. The Morgan fingerprint density at radius 1 is 1.02 bits per heavy atom. The lowest BCUT2D eigenvalue weighted by Gasteiger charge is -2.29. The van der Waals surface area contributed by atoms with Crippen molar-refractivity contribution >= 4 is 22.6 Å². The molecule has 6 rings (SSSR count). The second-order valence-corrected chi connectivity index (χ2v) is 10.9. The molecule has 1 fully saturated rings. The Balaban J connectivity index is 1.20. The first kappa shape index (κ1) is 27.9. The fourth-order valence-corrected chi connectivity index (χ4v) is 5.80. The van der Waals surface area contributed by atoms with Crippen molar-refractivity contribution in [2.45, 2.75) is 31.9 Å². The number of carbonyl (C=O) groups excluding carboxylic acids is 2. The Labute approximate surface area is 242 Å². The number of rotatable bonds is 8. The SMILES string of the molecule is Cc1nn(C)c2cc(-c3ccc(C(=O)C(=O)NC(CN4CCCC4)C(O)c4cc(F)c5c(c4)OCCO5)cc3)ccc12. The summed E-state index contributed by atoms with van der Waals surface area (Å²) in [6.07, 6.45) is 0.738. The lowest BCUT2D eigenvalue weighted by molar-refractivity contribution is -0.118. The van der Waals surface area contributed by atoms with Crippen LogP contribution in [0.2, 0.25) is 0 Å². The number of amides is 1. The predicted octanol–water partition coefficient (Wildman–Crippen LogP) is 3.96. The summed E-state index contributed by atoms with van der Waals surface area (Å²) in [5.41, 5.74) is 4.29. The number of aryl methyl sites for hydroxylation is 2. The summed E-state index contributed by atoms with van der Waals surface area (Å²) < 4.78 is 27.5. The molecule has 0 saturated carbocycles. The molecule has 0 bridgehead atoms. The molecule has 10 heteroatoms. The predicted molar refractivity (Wildman–Crippen MR) is 155 cm³/mol. The van der Waals surface area contributed by atoms with E-state index in [2.05, 4.69) is 15.3 Å². The van der Waals surface area contributed by atoms with Gasteiger partial charge in [0.1, 0.15) is 19.3 Å². The molecule has 1 amide bonds. The van der Waals surface area contributed by atoms with Crippen LogP contribution < -0.4 is 14.8 Å². The van der Waals surface area contributed by atoms with Crippen LogP contribution in [-0.2, 0) is 11.8 Å². The molecule has 0 spiro atoms. The molecule has 9 nitrogen and oxygen atoms in total. The van der Waals surface area contributed by atoms with Crippen LogP contribution in [0.5, 0.6) is 11.5 Å². The number of ketones is 1. The van der Waals surface area contributed by atoms with Gasteiger partial charge in [-0.3, -0.25) is 14.3 Å². The lowest BCUT2D eigenvalue weighted by Crippen LogP contribution is -2.48. The second kappa shape index (κ2) is 11.5. The summed E-state index contributed by atoms with van der Waals surface area (Å²) in [5.74, 6) is -2.00. The lowest BCUT2D eigenvalue weighted by atomic mass is 9.99. The maximum Gasteiger partial charge on any atom is 0.292 e. The molecule has 1 aromatic heterocycles. The van der Waals surface area contributed by atoms with E-state index >= 15 is 0 Å². The number of aliphatic hydroxyl groups is 1. The van der Waals surface area contributed by atoms with Gasteiger partial charge in [-0.05, 0) is 67.7 Å². The highest BCUT2D eigenvalue weighted by Gasteiger charge is 2.31. The normalized spacial score (nSPS) is 16.4. The quantitative estimate of drug-likeness (QED) is 0.243. The van der Waals surface area contributed by atoms with E-state index in [0.717, 1.165) is 53.7 Å². The summed E-state index contributed by atoms with van der Waals surface area (Å²) in [5, 5.41) is 19.6. The van der Waals surface area contributed by atoms with Gasteiger partial charge in [-0.1, -0.05) is 36.4 Å². The highest BCUT2D eigenvalue weighted by molar-refractivity contribution is 6.42. The highest BCUT2D eigenvalue weighted by Crippen LogP contribution is 2.36. The number of halogens is 1. The zero-order valence-electron chi connectivity index (χ0n) is 23.6. The minimum absolute atomic E-state index is 0.00584. The number of hydrogen-bond acceptors (Lipinski definition) is 7. The van der Waals surface area contributed by atoms with E-state index in [-0.39, 0.29) is 35.8 Å². The number of likely N-dealkylation sites (tertiary alicyclic amines) is 1. The first-order valence-electron chi connectivity index (χ1n) is 14.2. The molecule has 1 saturated heterocycles. The first-order chi connectivity index (χ1) is 20.3. The van der Waals surface area contributed by atoms with Crippen molar-refractivity contribution in [3.8, 4) is 22.6 Å². The molecule has 3 heterocycles. The summed E-state index contributed by atoms with van der Waals surface area (Å²) in [6, 6.07) is 14.8. The third-order valence-electron chi connectivity index (χ3n) is 8.03. The number of aromatic nitrogens is 2. The number of nitrogens with one attached hydrogen (secondary N) is 1. The topological polar surface area (TPSA) is 106 Å². The number of hydrogen-bond donors (Lipinski definition) is 2. The zero-order valence-corrected chi connectivity index (χ0v) is 23.6. The number of Topliss-reactive ketones (excluding diaryl/α,β-unsaturated/α-hetero) is 1.